The molecular formula is C19H23N3O3S. The van der Waals surface area contributed by atoms with E-state index in [4.69, 9.17) is 4.74 Å². The van der Waals surface area contributed by atoms with Crippen LogP contribution in [0.1, 0.15) is 28.1 Å². The monoisotopic (exact) mass is 373 g/mol. The molecule has 4 heterocycles. The van der Waals surface area contributed by atoms with E-state index in [1.807, 2.05) is 22.4 Å². The summed E-state index contributed by atoms with van der Waals surface area (Å²) >= 11 is 1.64. The molecule has 2 aromatic heterocycles. The second kappa shape index (κ2) is 7.25. The van der Waals surface area contributed by atoms with Crippen molar-refractivity contribution in [2.75, 3.05) is 26.3 Å². The molecule has 0 aliphatic carbocycles. The van der Waals surface area contributed by atoms with Crippen LogP contribution in [-0.4, -0.2) is 48.0 Å². The highest BCUT2D eigenvalue weighted by atomic mass is 32.1. The highest BCUT2D eigenvalue weighted by Crippen LogP contribution is 2.44. The summed E-state index contributed by atoms with van der Waals surface area (Å²) in [7, 11) is 0. The van der Waals surface area contributed by atoms with Crippen LogP contribution in [0.4, 0.5) is 0 Å². The minimum absolute atomic E-state index is 0.00864. The van der Waals surface area contributed by atoms with E-state index in [2.05, 4.69) is 10.3 Å². The van der Waals surface area contributed by atoms with Crippen LogP contribution in [0.3, 0.4) is 0 Å². The molecule has 4 rings (SSSR count). The summed E-state index contributed by atoms with van der Waals surface area (Å²) in [6, 6.07) is 5.79. The number of rotatable bonds is 4. The van der Waals surface area contributed by atoms with E-state index in [1.54, 1.807) is 29.8 Å². The van der Waals surface area contributed by atoms with Crippen LogP contribution in [0.15, 0.2) is 36.0 Å². The normalized spacial score (nSPS) is 21.8. The molecule has 2 saturated heterocycles. The number of nitrogens with zero attached hydrogens (tertiary/aromatic N) is 1. The molecule has 0 radical (unpaired) electrons. The van der Waals surface area contributed by atoms with Crippen molar-refractivity contribution < 1.29 is 14.3 Å². The van der Waals surface area contributed by atoms with Gasteiger partial charge in [0.1, 0.15) is 0 Å². The Bertz CT molecular complexity index is 751. The Labute approximate surface area is 156 Å². The van der Waals surface area contributed by atoms with Gasteiger partial charge in [0.2, 0.25) is 5.91 Å². The summed E-state index contributed by atoms with van der Waals surface area (Å²) in [5.74, 6) is -0.149. The van der Waals surface area contributed by atoms with Crippen LogP contribution < -0.4 is 5.32 Å². The van der Waals surface area contributed by atoms with E-state index >= 15 is 0 Å². The third-order valence-corrected chi connectivity index (χ3v) is 6.48. The van der Waals surface area contributed by atoms with Gasteiger partial charge in [0.15, 0.2) is 0 Å². The number of aromatic amines is 1. The highest BCUT2D eigenvalue weighted by molar-refractivity contribution is 7.09. The second-order valence-electron chi connectivity index (χ2n) is 7.11. The summed E-state index contributed by atoms with van der Waals surface area (Å²) < 4.78 is 5.53. The van der Waals surface area contributed by atoms with E-state index in [0.29, 0.717) is 38.4 Å². The second-order valence-corrected chi connectivity index (χ2v) is 8.14. The lowest BCUT2D eigenvalue weighted by Gasteiger charge is -2.37. The van der Waals surface area contributed by atoms with Crippen molar-refractivity contribution in [3.05, 3.63) is 46.4 Å². The number of carbonyl (C=O) groups is 2. The van der Waals surface area contributed by atoms with Gasteiger partial charge >= 0.3 is 0 Å². The topological polar surface area (TPSA) is 74.4 Å². The quantitative estimate of drug-likeness (QED) is 0.863. The van der Waals surface area contributed by atoms with Crippen LogP contribution >= 0.6 is 11.3 Å². The van der Waals surface area contributed by atoms with Crippen molar-refractivity contribution in [3.63, 3.8) is 0 Å². The molecule has 1 atom stereocenters. The third kappa shape index (κ3) is 3.29. The predicted molar refractivity (Wildman–Crippen MR) is 98.8 cm³/mol. The van der Waals surface area contributed by atoms with Crippen molar-refractivity contribution in [2.24, 2.45) is 11.3 Å². The first-order valence-corrected chi connectivity index (χ1v) is 9.86. The minimum Gasteiger partial charge on any atom is -0.381 e. The summed E-state index contributed by atoms with van der Waals surface area (Å²) in [6.07, 6.45) is 5.10. The minimum atomic E-state index is -0.186. The maximum Gasteiger partial charge on any atom is 0.255 e. The molecule has 2 N–H and O–H groups in total. The van der Waals surface area contributed by atoms with Gasteiger partial charge in [0.05, 0.1) is 18.0 Å². The van der Waals surface area contributed by atoms with Crippen LogP contribution in [0.2, 0.25) is 0 Å². The maximum absolute atomic E-state index is 13.0. The number of carbonyl (C=O) groups excluding carboxylic acids is 2. The number of hydrogen-bond donors (Lipinski definition) is 2. The summed E-state index contributed by atoms with van der Waals surface area (Å²) in [4.78, 5) is 31.7. The van der Waals surface area contributed by atoms with Gasteiger partial charge in [-0.25, -0.2) is 0 Å². The van der Waals surface area contributed by atoms with Gasteiger partial charge in [0, 0.05) is 49.0 Å². The molecule has 2 aliphatic heterocycles. The van der Waals surface area contributed by atoms with Gasteiger partial charge in [-0.1, -0.05) is 6.07 Å². The predicted octanol–water partition coefficient (Wildman–Crippen LogP) is 2.26. The number of H-pyrrole nitrogens is 1. The van der Waals surface area contributed by atoms with Gasteiger partial charge in [-0.2, -0.15) is 0 Å². The molecular weight excluding hydrogens is 350 g/mol. The van der Waals surface area contributed by atoms with Crippen molar-refractivity contribution >= 4 is 23.2 Å². The summed E-state index contributed by atoms with van der Waals surface area (Å²) in [5.41, 5.74) is 0.468. The van der Waals surface area contributed by atoms with Crippen LogP contribution in [0.25, 0.3) is 0 Å². The fourth-order valence-electron chi connectivity index (χ4n) is 4.12. The number of ether oxygens (including phenoxy) is 1. The van der Waals surface area contributed by atoms with Crippen molar-refractivity contribution in [1.82, 2.24) is 15.2 Å². The Morgan fingerprint density at radius 2 is 2.19 bits per heavy atom. The molecule has 2 aliphatic rings. The van der Waals surface area contributed by atoms with Gasteiger partial charge in [-0.15, -0.1) is 11.3 Å². The molecule has 26 heavy (non-hydrogen) atoms. The Balaban J connectivity index is 1.50. The van der Waals surface area contributed by atoms with E-state index in [9.17, 15) is 9.59 Å². The van der Waals surface area contributed by atoms with Gasteiger partial charge in [-0.05, 0) is 30.4 Å². The standard InChI is InChI=1S/C19H23N3O3S/c23-17(21-11-15-2-1-9-26-15)16-12-22(18(24)14-3-6-20-10-14)13-19(16)4-7-25-8-5-19/h1-3,6,9-10,16,20H,4-5,7-8,11-13H2,(H,21,23). The number of nitrogens with one attached hydrogen (secondary N) is 2. The fourth-order valence-corrected chi connectivity index (χ4v) is 4.76. The number of amides is 2. The van der Waals surface area contributed by atoms with Crippen LogP contribution in [0, 0.1) is 11.3 Å². The molecule has 0 aromatic carbocycles. The lowest BCUT2D eigenvalue weighted by molar-refractivity contribution is -0.130. The van der Waals surface area contributed by atoms with E-state index in [-0.39, 0.29) is 23.1 Å². The molecule has 6 nitrogen and oxygen atoms in total. The van der Waals surface area contributed by atoms with Crippen molar-refractivity contribution in [2.45, 2.75) is 19.4 Å². The first kappa shape index (κ1) is 17.3. The van der Waals surface area contributed by atoms with Crippen molar-refractivity contribution in [1.29, 1.82) is 0 Å². The molecule has 0 bridgehead atoms. The molecule has 2 amide bonds. The zero-order chi connectivity index (χ0) is 18.0. The number of aromatic nitrogens is 1. The first-order valence-electron chi connectivity index (χ1n) is 8.98. The van der Waals surface area contributed by atoms with Crippen LogP contribution in [0.5, 0.6) is 0 Å². The maximum atomic E-state index is 13.0. The van der Waals surface area contributed by atoms with Crippen molar-refractivity contribution in [3.8, 4) is 0 Å². The number of hydrogen-bond acceptors (Lipinski definition) is 4. The number of likely N-dealkylation sites (tertiary alicyclic amines) is 1. The van der Waals surface area contributed by atoms with Gasteiger partial charge < -0.3 is 19.9 Å². The Morgan fingerprint density at radius 3 is 2.88 bits per heavy atom. The van der Waals surface area contributed by atoms with E-state index in [1.165, 1.54) is 0 Å². The molecule has 7 heteroatoms. The molecule has 2 fully saturated rings. The largest absolute Gasteiger partial charge is 0.381 e. The molecule has 138 valence electrons. The average molecular weight is 373 g/mol. The lowest BCUT2D eigenvalue weighted by Crippen LogP contribution is -2.44. The summed E-state index contributed by atoms with van der Waals surface area (Å²) in [6.45, 7) is 2.95. The lowest BCUT2D eigenvalue weighted by atomic mass is 9.72. The Hall–Kier alpha value is -2.12. The van der Waals surface area contributed by atoms with Crippen LogP contribution in [-0.2, 0) is 16.1 Å². The average Bonchev–Trinajstić information content (AvgIpc) is 3.41. The van der Waals surface area contributed by atoms with Gasteiger partial charge in [-0.3, -0.25) is 9.59 Å². The SMILES string of the molecule is O=C(NCc1cccs1)C1CN(C(=O)c2cc[nH]c2)CC12CCOCC2. The first-order chi connectivity index (χ1) is 12.7. The highest BCUT2D eigenvalue weighted by Gasteiger charge is 2.51. The van der Waals surface area contributed by atoms with E-state index in [0.717, 1.165) is 17.7 Å². The molecule has 1 spiro atoms. The zero-order valence-corrected chi connectivity index (χ0v) is 15.4. The van der Waals surface area contributed by atoms with E-state index < -0.39 is 0 Å². The smallest absolute Gasteiger partial charge is 0.255 e. The number of thiophene rings is 1. The fraction of sp³-hybridized carbons (Fsp3) is 0.474. The molecule has 2 aromatic rings. The van der Waals surface area contributed by atoms with Gasteiger partial charge in [0.25, 0.3) is 5.91 Å². The third-order valence-electron chi connectivity index (χ3n) is 5.60. The Kier molecular flexibility index (Phi) is 4.82. The Morgan fingerprint density at radius 1 is 1.35 bits per heavy atom. The summed E-state index contributed by atoms with van der Waals surface area (Å²) in [5, 5.41) is 5.09. The zero-order valence-electron chi connectivity index (χ0n) is 14.6. The molecule has 0 saturated carbocycles. The molecule has 1 unspecified atom stereocenters.